The first-order valence-corrected chi connectivity index (χ1v) is 6.80. The second-order valence-corrected chi connectivity index (χ2v) is 5.42. The maximum atomic E-state index is 11.4. The molecular weight excluding hydrogens is 280 g/mol. The first-order chi connectivity index (χ1) is 9.75. The zero-order chi connectivity index (χ0) is 16.2. The molecule has 0 aromatic heterocycles. The molecule has 2 amide bonds. The first kappa shape index (κ1) is 16.9. The van der Waals surface area contributed by atoms with Gasteiger partial charge >= 0.3 is 11.9 Å². The molecule has 8 heteroatoms. The van der Waals surface area contributed by atoms with Crippen LogP contribution >= 0.6 is 0 Å². The van der Waals surface area contributed by atoms with Gasteiger partial charge in [-0.05, 0) is 25.7 Å². The highest BCUT2D eigenvalue weighted by Crippen LogP contribution is 2.33. The average molecular weight is 300 g/mol. The largest absolute Gasteiger partial charge is 0.481 e. The van der Waals surface area contributed by atoms with Crippen LogP contribution in [0.2, 0.25) is 0 Å². The number of hydrogen-bond acceptors (Lipinski definition) is 4. The Morgan fingerprint density at radius 3 is 1.24 bits per heavy atom. The van der Waals surface area contributed by atoms with Gasteiger partial charge in [-0.15, -0.1) is 0 Å². The van der Waals surface area contributed by atoms with E-state index in [4.69, 9.17) is 11.5 Å². The fourth-order valence-corrected chi connectivity index (χ4v) is 2.99. The summed E-state index contributed by atoms with van der Waals surface area (Å²) in [5, 5.41) is 18.4. The molecular formula is C13H20N2O6. The molecule has 6 N–H and O–H groups in total. The topological polar surface area (TPSA) is 161 Å². The molecule has 118 valence electrons. The molecule has 0 heterocycles. The zero-order valence-electron chi connectivity index (χ0n) is 11.5. The quantitative estimate of drug-likeness (QED) is 0.550. The monoisotopic (exact) mass is 300 g/mol. The van der Waals surface area contributed by atoms with Crippen molar-refractivity contribution in [1.29, 1.82) is 0 Å². The fourth-order valence-electron chi connectivity index (χ4n) is 2.99. The van der Waals surface area contributed by atoms with Crippen LogP contribution in [-0.2, 0) is 19.2 Å². The number of aliphatic carboxylic acids is 2. The summed E-state index contributed by atoms with van der Waals surface area (Å²) in [4.78, 5) is 45.4. The fraction of sp³-hybridized carbons (Fsp3) is 0.692. The predicted molar refractivity (Wildman–Crippen MR) is 70.7 cm³/mol. The van der Waals surface area contributed by atoms with Crippen molar-refractivity contribution >= 4 is 23.8 Å². The number of primary amides is 2. The van der Waals surface area contributed by atoms with Gasteiger partial charge in [-0.2, -0.15) is 0 Å². The number of carbonyl (C=O) groups excluding carboxylic acids is 2. The summed E-state index contributed by atoms with van der Waals surface area (Å²) in [5.74, 6) is -7.57. The van der Waals surface area contributed by atoms with Gasteiger partial charge in [0.2, 0.25) is 11.8 Å². The highest BCUT2D eigenvalue weighted by Gasteiger charge is 2.38. The third-order valence-electron chi connectivity index (χ3n) is 4.16. The Kier molecular flexibility index (Phi) is 5.69. The van der Waals surface area contributed by atoms with E-state index >= 15 is 0 Å². The van der Waals surface area contributed by atoms with E-state index in [-0.39, 0.29) is 25.7 Å². The van der Waals surface area contributed by atoms with E-state index in [0.717, 1.165) is 0 Å². The third-order valence-corrected chi connectivity index (χ3v) is 4.16. The molecule has 4 atom stereocenters. The molecule has 1 rings (SSSR count). The Morgan fingerprint density at radius 1 is 0.667 bits per heavy atom. The van der Waals surface area contributed by atoms with E-state index < -0.39 is 47.4 Å². The minimum Gasteiger partial charge on any atom is -0.481 e. The maximum Gasteiger partial charge on any atom is 0.307 e. The van der Waals surface area contributed by atoms with Crippen LogP contribution in [0.5, 0.6) is 0 Å². The Bertz CT molecular complexity index is 410. The van der Waals surface area contributed by atoms with Gasteiger partial charge in [0.1, 0.15) is 0 Å². The van der Waals surface area contributed by atoms with Crippen molar-refractivity contribution in [2.45, 2.75) is 32.1 Å². The van der Waals surface area contributed by atoms with Crippen molar-refractivity contribution in [3.8, 4) is 0 Å². The van der Waals surface area contributed by atoms with Gasteiger partial charge in [0.15, 0.2) is 0 Å². The van der Waals surface area contributed by atoms with Crippen LogP contribution in [0, 0.1) is 23.7 Å². The van der Waals surface area contributed by atoms with E-state index in [1.165, 1.54) is 0 Å². The van der Waals surface area contributed by atoms with Crippen LogP contribution in [0.1, 0.15) is 32.1 Å². The summed E-state index contributed by atoms with van der Waals surface area (Å²) in [5.41, 5.74) is 10.5. The number of hydrogen-bond donors (Lipinski definition) is 4. The number of carboxylic acid groups (broad SMARTS) is 2. The van der Waals surface area contributed by atoms with Crippen LogP contribution in [0.25, 0.3) is 0 Å². The number of amides is 2. The van der Waals surface area contributed by atoms with E-state index in [1.54, 1.807) is 0 Å². The Labute approximate surface area is 121 Å². The molecule has 0 aromatic carbocycles. The molecule has 8 nitrogen and oxygen atoms in total. The van der Waals surface area contributed by atoms with Crippen LogP contribution in [0.15, 0.2) is 0 Å². The lowest BCUT2D eigenvalue weighted by atomic mass is 9.82. The second kappa shape index (κ2) is 7.05. The zero-order valence-corrected chi connectivity index (χ0v) is 11.5. The molecule has 1 aliphatic rings. The maximum absolute atomic E-state index is 11.4. The average Bonchev–Trinajstić information content (AvgIpc) is 2.45. The van der Waals surface area contributed by atoms with E-state index in [2.05, 4.69) is 0 Å². The van der Waals surface area contributed by atoms with Gasteiger partial charge in [-0.3, -0.25) is 19.2 Å². The lowest BCUT2D eigenvalue weighted by Gasteiger charge is -2.21. The van der Waals surface area contributed by atoms with Crippen molar-refractivity contribution in [2.24, 2.45) is 35.1 Å². The summed E-state index contributed by atoms with van der Waals surface area (Å²) in [6.07, 6.45) is 0.701. The number of carboxylic acids is 2. The third kappa shape index (κ3) is 4.17. The van der Waals surface area contributed by atoms with E-state index in [0.29, 0.717) is 6.42 Å². The molecule has 0 radical (unpaired) electrons. The Balaban J connectivity index is 3.04. The second-order valence-electron chi connectivity index (χ2n) is 5.42. The minimum atomic E-state index is -1.18. The number of nitrogens with two attached hydrogens (primary N) is 2. The van der Waals surface area contributed by atoms with Crippen molar-refractivity contribution in [1.82, 2.24) is 0 Å². The van der Waals surface area contributed by atoms with Crippen LogP contribution < -0.4 is 11.5 Å². The number of carbonyl (C=O) groups is 4. The molecule has 0 aliphatic heterocycles. The van der Waals surface area contributed by atoms with Crippen molar-refractivity contribution in [3.05, 3.63) is 0 Å². The van der Waals surface area contributed by atoms with Crippen LogP contribution in [0.4, 0.5) is 0 Å². The lowest BCUT2D eigenvalue weighted by Crippen LogP contribution is -2.35. The Hall–Kier alpha value is -2.12. The molecule has 21 heavy (non-hydrogen) atoms. The Morgan fingerprint density at radius 2 is 1.00 bits per heavy atom. The summed E-state index contributed by atoms with van der Waals surface area (Å²) in [7, 11) is 0. The highest BCUT2D eigenvalue weighted by atomic mass is 16.4. The molecule has 0 bridgehead atoms. The molecule has 0 saturated heterocycles. The standard InChI is InChI=1S/C13H20N2O6/c14-10(16)6-2-1-3-7(11(15)17)9(13(20)21)5-4-8(6)12(18)19/h6-9H,1-5H2,(H2,14,16)(H2,15,17)(H,18,19)(H,20,21). The van der Waals surface area contributed by atoms with E-state index in [9.17, 15) is 29.4 Å². The van der Waals surface area contributed by atoms with E-state index in [1.807, 2.05) is 0 Å². The molecule has 1 saturated carbocycles. The van der Waals surface area contributed by atoms with Gasteiger partial charge in [-0.1, -0.05) is 6.42 Å². The van der Waals surface area contributed by atoms with Crippen molar-refractivity contribution < 1.29 is 29.4 Å². The molecule has 0 aromatic rings. The molecule has 1 aliphatic carbocycles. The van der Waals surface area contributed by atoms with Gasteiger partial charge in [0.05, 0.1) is 23.7 Å². The lowest BCUT2D eigenvalue weighted by molar-refractivity contribution is -0.149. The van der Waals surface area contributed by atoms with Crippen molar-refractivity contribution in [3.63, 3.8) is 0 Å². The van der Waals surface area contributed by atoms with Crippen LogP contribution in [0.3, 0.4) is 0 Å². The SMILES string of the molecule is NC(=O)C1CCCC(C(N)=O)C(C(=O)O)CCC1C(=O)O. The summed E-state index contributed by atoms with van der Waals surface area (Å²) in [6.45, 7) is 0. The van der Waals surface area contributed by atoms with Gasteiger partial charge in [-0.25, -0.2) is 0 Å². The number of rotatable bonds is 4. The molecule has 0 spiro atoms. The van der Waals surface area contributed by atoms with Gasteiger partial charge < -0.3 is 21.7 Å². The smallest absolute Gasteiger partial charge is 0.307 e. The first-order valence-electron chi connectivity index (χ1n) is 6.80. The van der Waals surface area contributed by atoms with Crippen molar-refractivity contribution in [2.75, 3.05) is 0 Å². The molecule has 1 fully saturated rings. The summed E-state index contributed by atoms with van der Waals surface area (Å²) in [6, 6.07) is 0. The van der Waals surface area contributed by atoms with Gasteiger partial charge in [0, 0.05) is 0 Å². The summed E-state index contributed by atoms with van der Waals surface area (Å²) < 4.78 is 0. The summed E-state index contributed by atoms with van der Waals surface area (Å²) >= 11 is 0. The predicted octanol–water partition coefficient (Wildman–Crippen LogP) is -0.445. The molecule has 4 unspecified atom stereocenters. The van der Waals surface area contributed by atoms with Crippen LogP contribution in [-0.4, -0.2) is 34.0 Å². The highest BCUT2D eigenvalue weighted by molar-refractivity contribution is 5.85. The normalized spacial score (nSPS) is 30.5. The van der Waals surface area contributed by atoms with Gasteiger partial charge in [0.25, 0.3) is 0 Å². The minimum absolute atomic E-state index is 0.0241.